The molecular formula is C28H36O. The topological polar surface area (TPSA) is 20.2 Å². The van der Waals surface area contributed by atoms with Gasteiger partial charge in [0.05, 0.1) is 0 Å². The van der Waals surface area contributed by atoms with Crippen molar-refractivity contribution in [3.8, 4) is 0 Å². The third kappa shape index (κ3) is 5.29. The zero-order valence-corrected chi connectivity index (χ0v) is 18.8. The molecule has 1 nitrogen and oxygen atoms in total. The Bertz CT molecular complexity index is 904. The molecule has 1 aliphatic rings. The lowest BCUT2D eigenvalue weighted by Crippen LogP contribution is -2.08. The smallest absolute Gasteiger partial charge is 0.115 e. The van der Waals surface area contributed by atoms with Gasteiger partial charge in [0, 0.05) is 11.5 Å². The molecule has 0 spiro atoms. The van der Waals surface area contributed by atoms with Crippen LogP contribution >= 0.6 is 0 Å². The largest absolute Gasteiger partial charge is 0.508 e. The van der Waals surface area contributed by atoms with Crippen LogP contribution in [0.5, 0.6) is 0 Å². The summed E-state index contributed by atoms with van der Waals surface area (Å²) in [5.41, 5.74) is 9.78. The molecular weight excluding hydrogens is 352 g/mol. The zero-order valence-electron chi connectivity index (χ0n) is 18.8. The van der Waals surface area contributed by atoms with Crippen LogP contribution in [-0.4, -0.2) is 5.11 Å². The lowest BCUT2D eigenvalue weighted by molar-refractivity contribution is 0.426. The Kier molecular flexibility index (Phi) is 7.67. The Balaban J connectivity index is 2.49. The monoisotopic (exact) mass is 388 g/mol. The van der Waals surface area contributed by atoms with Crippen LogP contribution in [0, 0.1) is 19.8 Å². The van der Waals surface area contributed by atoms with E-state index < -0.39 is 0 Å². The first-order valence-corrected chi connectivity index (χ1v) is 10.5. The van der Waals surface area contributed by atoms with Gasteiger partial charge in [-0.25, -0.2) is 0 Å². The third-order valence-electron chi connectivity index (χ3n) is 6.20. The first kappa shape index (κ1) is 22.7. The molecule has 29 heavy (non-hydrogen) atoms. The summed E-state index contributed by atoms with van der Waals surface area (Å²) in [4.78, 5) is 0. The van der Waals surface area contributed by atoms with Gasteiger partial charge in [-0.3, -0.25) is 0 Å². The highest BCUT2D eigenvalue weighted by Crippen LogP contribution is 2.42. The zero-order chi connectivity index (χ0) is 21.7. The van der Waals surface area contributed by atoms with E-state index in [1.165, 1.54) is 33.4 Å². The molecule has 154 valence electrons. The fraction of sp³-hybridized carbons (Fsp3) is 0.357. The molecule has 0 radical (unpaired) electrons. The molecule has 2 rings (SSSR count). The van der Waals surface area contributed by atoms with E-state index in [4.69, 9.17) is 0 Å². The van der Waals surface area contributed by atoms with Gasteiger partial charge in [-0.15, -0.1) is 0 Å². The van der Waals surface area contributed by atoms with Crippen molar-refractivity contribution in [1.29, 1.82) is 0 Å². The van der Waals surface area contributed by atoms with E-state index in [9.17, 15) is 5.11 Å². The lowest BCUT2D eigenvalue weighted by Gasteiger charge is -2.22. The van der Waals surface area contributed by atoms with Crippen LogP contribution in [0.25, 0.3) is 0 Å². The van der Waals surface area contributed by atoms with Crippen molar-refractivity contribution >= 4 is 0 Å². The van der Waals surface area contributed by atoms with Crippen LogP contribution in [-0.2, 0) is 6.42 Å². The van der Waals surface area contributed by atoms with Gasteiger partial charge in [0.25, 0.3) is 0 Å². The Morgan fingerprint density at radius 2 is 1.79 bits per heavy atom. The minimum atomic E-state index is 0.0910. The van der Waals surface area contributed by atoms with Crippen molar-refractivity contribution in [3.63, 3.8) is 0 Å². The molecule has 1 aliphatic carbocycles. The highest BCUT2D eigenvalue weighted by molar-refractivity contribution is 5.46. The third-order valence-corrected chi connectivity index (χ3v) is 6.20. The fourth-order valence-electron chi connectivity index (χ4n) is 4.40. The molecule has 0 bridgehead atoms. The van der Waals surface area contributed by atoms with Gasteiger partial charge in [0.15, 0.2) is 0 Å². The quantitative estimate of drug-likeness (QED) is 0.226. The summed E-state index contributed by atoms with van der Waals surface area (Å²) < 4.78 is 0. The number of allylic oxidation sites excluding steroid dienone is 7. The first-order chi connectivity index (χ1) is 13.7. The molecule has 0 aromatic heterocycles. The predicted octanol–water partition coefficient (Wildman–Crippen LogP) is 7.99. The SMILES string of the molecule is C=C(O)/C(=C/C)C(=C)CC1CC(=C)C(/C(C)=C/C=C\C)Cc2cc(C)c(C)cc21. The van der Waals surface area contributed by atoms with E-state index in [2.05, 4.69) is 70.9 Å². The normalized spacial score (nSPS) is 20.5. The molecule has 1 N–H and O–H groups in total. The van der Waals surface area contributed by atoms with Gasteiger partial charge < -0.3 is 5.11 Å². The van der Waals surface area contributed by atoms with Gasteiger partial charge in [-0.1, -0.05) is 67.3 Å². The number of aliphatic hydroxyl groups excluding tert-OH is 1. The summed E-state index contributed by atoms with van der Waals surface area (Å²) >= 11 is 0. The van der Waals surface area contributed by atoms with E-state index in [1.54, 1.807) is 0 Å². The summed E-state index contributed by atoms with van der Waals surface area (Å²) in [5, 5.41) is 9.94. The standard InChI is InChI=1S/C28H36O/c1-9-11-12-18(3)27-17-25-13-19(4)20(5)16-28(25)24(15-22(27)7)14-21(6)26(10-2)23(8)29/h9-13,16,24,27,29H,6-8,14-15,17H2,1-5H3/b11-9-,18-12+,26-10+. The molecule has 0 heterocycles. The Morgan fingerprint density at radius 1 is 1.14 bits per heavy atom. The van der Waals surface area contributed by atoms with Crippen LogP contribution in [0.4, 0.5) is 0 Å². The minimum absolute atomic E-state index is 0.0910. The average molecular weight is 389 g/mol. The van der Waals surface area contributed by atoms with Crippen molar-refractivity contribution in [1.82, 2.24) is 0 Å². The van der Waals surface area contributed by atoms with Crippen LogP contribution in [0.1, 0.15) is 61.8 Å². The van der Waals surface area contributed by atoms with Crippen molar-refractivity contribution in [3.05, 3.63) is 106 Å². The molecule has 0 fully saturated rings. The number of rotatable bonds is 6. The number of hydrogen-bond donors (Lipinski definition) is 1. The Hall–Kier alpha value is -2.54. The summed E-state index contributed by atoms with van der Waals surface area (Å²) in [5.74, 6) is 0.741. The average Bonchev–Trinajstić information content (AvgIpc) is 2.77. The second kappa shape index (κ2) is 9.78. The first-order valence-electron chi connectivity index (χ1n) is 10.5. The summed E-state index contributed by atoms with van der Waals surface area (Å²) in [6.07, 6.45) is 11.0. The molecule has 2 atom stereocenters. The van der Waals surface area contributed by atoms with Gasteiger partial charge in [-0.2, -0.15) is 0 Å². The van der Waals surface area contributed by atoms with Crippen molar-refractivity contribution < 1.29 is 5.11 Å². The van der Waals surface area contributed by atoms with Crippen molar-refractivity contribution in [2.24, 2.45) is 5.92 Å². The van der Waals surface area contributed by atoms with Crippen LogP contribution in [0.15, 0.2) is 84.2 Å². The maximum atomic E-state index is 9.94. The maximum absolute atomic E-state index is 9.94. The molecule has 1 heteroatoms. The van der Waals surface area contributed by atoms with Crippen molar-refractivity contribution in [2.45, 2.75) is 59.8 Å². The number of hydrogen-bond acceptors (Lipinski definition) is 1. The van der Waals surface area contributed by atoms with E-state index in [0.717, 1.165) is 30.4 Å². The molecule has 0 aliphatic heterocycles. The highest BCUT2D eigenvalue weighted by atomic mass is 16.3. The summed E-state index contributed by atoms with van der Waals surface area (Å²) in [6.45, 7) is 23.0. The van der Waals surface area contributed by atoms with Crippen LogP contribution < -0.4 is 0 Å². The maximum Gasteiger partial charge on any atom is 0.115 e. The minimum Gasteiger partial charge on any atom is -0.508 e. The van der Waals surface area contributed by atoms with E-state index >= 15 is 0 Å². The number of benzene rings is 1. The number of aliphatic hydroxyl groups is 1. The molecule has 0 saturated heterocycles. The molecule has 0 saturated carbocycles. The van der Waals surface area contributed by atoms with Crippen LogP contribution in [0.3, 0.4) is 0 Å². The van der Waals surface area contributed by atoms with E-state index in [1.807, 2.05) is 19.9 Å². The van der Waals surface area contributed by atoms with Crippen molar-refractivity contribution in [2.75, 3.05) is 0 Å². The van der Waals surface area contributed by atoms with E-state index in [-0.39, 0.29) is 5.76 Å². The van der Waals surface area contributed by atoms with Gasteiger partial charge >= 0.3 is 0 Å². The number of aryl methyl sites for hydroxylation is 2. The fourth-order valence-corrected chi connectivity index (χ4v) is 4.40. The number of fused-ring (bicyclic) bond motifs is 1. The molecule has 0 amide bonds. The molecule has 1 aromatic carbocycles. The molecule has 1 aromatic rings. The highest BCUT2D eigenvalue weighted by Gasteiger charge is 2.28. The summed E-state index contributed by atoms with van der Waals surface area (Å²) in [6, 6.07) is 4.71. The predicted molar refractivity (Wildman–Crippen MR) is 127 cm³/mol. The van der Waals surface area contributed by atoms with E-state index in [0.29, 0.717) is 11.8 Å². The second-order valence-electron chi connectivity index (χ2n) is 8.34. The second-order valence-corrected chi connectivity index (χ2v) is 8.34. The van der Waals surface area contributed by atoms with Crippen LogP contribution in [0.2, 0.25) is 0 Å². The lowest BCUT2D eigenvalue weighted by atomic mass is 9.83. The van der Waals surface area contributed by atoms with Gasteiger partial charge in [0.2, 0.25) is 0 Å². The summed E-state index contributed by atoms with van der Waals surface area (Å²) in [7, 11) is 0. The Labute approximate surface area is 177 Å². The van der Waals surface area contributed by atoms with Gasteiger partial charge in [0.1, 0.15) is 5.76 Å². The Morgan fingerprint density at radius 3 is 2.38 bits per heavy atom. The van der Waals surface area contributed by atoms with Gasteiger partial charge in [-0.05, 0) is 87.6 Å². The molecule has 2 unspecified atom stereocenters.